The Hall–Kier alpha value is -6.79. The van der Waals surface area contributed by atoms with Gasteiger partial charge in [-0.2, -0.15) is 0 Å². The number of morpholine rings is 1. The van der Waals surface area contributed by atoms with Gasteiger partial charge in [-0.1, -0.05) is 103 Å². The van der Waals surface area contributed by atoms with Gasteiger partial charge in [-0.05, 0) is 94.8 Å². The Morgan fingerprint density at radius 2 is 1.06 bits per heavy atom. The number of rotatable bonds is 15. The lowest BCUT2D eigenvalue weighted by Crippen LogP contribution is -2.36. The van der Waals surface area contributed by atoms with Crippen LogP contribution in [0.25, 0.3) is 0 Å². The van der Waals surface area contributed by atoms with Gasteiger partial charge in [0.25, 0.3) is 17.7 Å². The normalized spacial score (nSPS) is 19.3. The van der Waals surface area contributed by atoms with Crippen molar-refractivity contribution in [3.05, 3.63) is 196 Å². The molecule has 2 aliphatic carbocycles. The number of carbonyl (C=O) groups is 3. The number of hydrogen-bond donors (Lipinski definition) is 5. The number of anilines is 2. The van der Waals surface area contributed by atoms with Gasteiger partial charge in [0, 0.05) is 80.0 Å². The van der Waals surface area contributed by atoms with Crippen LogP contribution in [0.5, 0.6) is 5.75 Å². The molecule has 1 saturated heterocycles. The molecule has 4 unspecified atom stereocenters. The van der Waals surface area contributed by atoms with Crippen LogP contribution in [0.15, 0.2) is 152 Å². The van der Waals surface area contributed by atoms with Crippen LogP contribution in [0.1, 0.15) is 78.8 Å². The van der Waals surface area contributed by atoms with E-state index in [1.54, 1.807) is 0 Å². The average Bonchev–Trinajstić information content (AvgIpc) is 4.31. The number of nitrogens with one attached hydrogen (secondary N) is 5. The van der Waals surface area contributed by atoms with E-state index in [9.17, 15) is 14.4 Å². The van der Waals surface area contributed by atoms with E-state index in [1.165, 1.54) is 22.4 Å². The highest BCUT2D eigenvalue weighted by atomic mass is 16.5. The molecule has 0 spiro atoms. The van der Waals surface area contributed by atoms with Gasteiger partial charge in [0.1, 0.15) is 5.75 Å². The van der Waals surface area contributed by atoms with Crippen molar-refractivity contribution in [3.8, 4) is 5.75 Å². The Morgan fingerprint density at radius 1 is 0.569 bits per heavy atom. The molecule has 2 heterocycles. The Bertz CT molecular complexity index is 2530. The summed E-state index contributed by atoms with van der Waals surface area (Å²) in [6.07, 6.45) is 2.22. The molecule has 3 amide bonds. The average molecular weight is 869 g/mol. The summed E-state index contributed by atoms with van der Waals surface area (Å²) in [6, 6.07) is 51.5. The Kier molecular flexibility index (Phi) is 13.9. The predicted octanol–water partition coefficient (Wildman–Crippen LogP) is 7.69. The molecule has 6 aromatic carbocycles. The zero-order valence-corrected chi connectivity index (χ0v) is 36.5. The summed E-state index contributed by atoms with van der Waals surface area (Å²) in [6.45, 7) is 6.30. The molecule has 0 radical (unpaired) electrons. The molecular formula is C54H56N6O5. The maximum Gasteiger partial charge on any atom is 0.262 e. The van der Waals surface area contributed by atoms with Gasteiger partial charge >= 0.3 is 0 Å². The van der Waals surface area contributed by atoms with Gasteiger partial charge in [-0.15, -0.1) is 0 Å². The second-order valence-corrected chi connectivity index (χ2v) is 17.2. The number of nitrogens with zero attached hydrogens (tertiary/aromatic N) is 1. The number of ether oxygens (including phenoxy) is 2. The maximum atomic E-state index is 12.4. The van der Waals surface area contributed by atoms with Crippen molar-refractivity contribution in [2.24, 2.45) is 0 Å². The molecule has 11 heteroatoms. The second kappa shape index (κ2) is 20.8. The van der Waals surface area contributed by atoms with Crippen LogP contribution in [0.2, 0.25) is 0 Å². The molecule has 2 aliphatic heterocycles. The zero-order chi connectivity index (χ0) is 44.4. The van der Waals surface area contributed by atoms with Crippen LogP contribution in [0.4, 0.5) is 11.4 Å². The van der Waals surface area contributed by atoms with E-state index in [4.69, 9.17) is 9.47 Å². The van der Waals surface area contributed by atoms with Crippen molar-refractivity contribution >= 4 is 29.1 Å². The van der Waals surface area contributed by atoms with Crippen molar-refractivity contribution < 1.29 is 23.9 Å². The van der Waals surface area contributed by atoms with Crippen molar-refractivity contribution in [2.75, 3.05) is 43.1 Å². The van der Waals surface area contributed by atoms with E-state index in [0.717, 1.165) is 74.6 Å². The molecule has 5 N–H and O–H groups in total. The highest BCUT2D eigenvalue weighted by Crippen LogP contribution is 2.42. The van der Waals surface area contributed by atoms with Gasteiger partial charge < -0.3 is 41.0 Å². The van der Waals surface area contributed by atoms with E-state index in [0.29, 0.717) is 53.9 Å². The smallest absolute Gasteiger partial charge is 0.262 e. The third kappa shape index (κ3) is 11.9. The number of amides is 3. The molecule has 0 bridgehead atoms. The quantitative estimate of drug-likeness (QED) is 0.0710. The highest BCUT2D eigenvalue weighted by Gasteiger charge is 2.38. The SMILES string of the molecule is O=C(NCc1ccccc1)c1ccc(C2CC2NCc2ccc(N3CCOCC3)cc2)cc1.O=C1COc2ccc(CNC3CC3c3ccc(C(=O)NCc4ccccc4)cc3)cc2N1. The van der Waals surface area contributed by atoms with Crippen molar-refractivity contribution in [3.63, 3.8) is 0 Å². The highest BCUT2D eigenvalue weighted by molar-refractivity contribution is 5.96. The molecule has 3 fully saturated rings. The minimum absolute atomic E-state index is 0.0311. The number of benzene rings is 6. The lowest BCUT2D eigenvalue weighted by molar-refractivity contribution is -0.118. The summed E-state index contributed by atoms with van der Waals surface area (Å²) in [5, 5.41) is 16.1. The van der Waals surface area contributed by atoms with Gasteiger partial charge in [0.15, 0.2) is 6.61 Å². The fourth-order valence-electron chi connectivity index (χ4n) is 8.49. The molecule has 4 atom stereocenters. The van der Waals surface area contributed by atoms with Crippen LogP contribution in [-0.4, -0.2) is 62.7 Å². The largest absolute Gasteiger partial charge is 0.482 e. The van der Waals surface area contributed by atoms with Gasteiger partial charge in [-0.3, -0.25) is 14.4 Å². The Labute approximate surface area is 380 Å². The second-order valence-electron chi connectivity index (χ2n) is 17.2. The zero-order valence-electron chi connectivity index (χ0n) is 36.5. The van der Waals surface area contributed by atoms with E-state index >= 15 is 0 Å². The van der Waals surface area contributed by atoms with Crippen molar-refractivity contribution in [2.45, 2.75) is 62.9 Å². The summed E-state index contributed by atoms with van der Waals surface area (Å²) in [5.74, 6) is 1.48. The third-order valence-electron chi connectivity index (χ3n) is 12.5. The first-order chi connectivity index (χ1) is 31.9. The van der Waals surface area contributed by atoms with Crippen molar-refractivity contribution in [1.82, 2.24) is 21.3 Å². The topological polar surface area (TPSA) is 133 Å². The first-order valence-electron chi connectivity index (χ1n) is 22.7. The van der Waals surface area contributed by atoms with Crippen LogP contribution in [0, 0.1) is 0 Å². The van der Waals surface area contributed by atoms with E-state index in [1.807, 2.05) is 103 Å². The lowest BCUT2D eigenvalue weighted by atomic mass is 10.1. The van der Waals surface area contributed by atoms with E-state index in [2.05, 4.69) is 80.0 Å². The van der Waals surface area contributed by atoms with Crippen LogP contribution >= 0.6 is 0 Å². The fourth-order valence-corrected chi connectivity index (χ4v) is 8.49. The summed E-state index contributed by atoms with van der Waals surface area (Å²) in [4.78, 5) is 38.7. The first kappa shape index (κ1) is 43.5. The minimum atomic E-state index is -0.123. The van der Waals surface area contributed by atoms with Gasteiger partial charge in [0.2, 0.25) is 0 Å². The summed E-state index contributed by atoms with van der Waals surface area (Å²) >= 11 is 0. The molecule has 65 heavy (non-hydrogen) atoms. The lowest BCUT2D eigenvalue weighted by Gasteiger charge is -2.28. The van der Waals surface area contributed by atoms with E-state index < -0.39 is 0 Å². The summed E-state index contributed by atoms with van der Waals surface area (Å²) in [7, 11) is 0. The predicted molar refractivity (Wildman–Crippen MR) is 254 cm³/mol. The first-order valence-corrected chi connectivity index (χ1v) is 22.7. The monoisotopic (exact) mass is 868 g/mol. The molecule has 2 saturated carbocycles. The van der Waals surface area contributed by atoms with Gasteiger partial charge in [-0.25, -0.2) is 0 Å². The molecule has 332 valence electrons. The van der Waals surface area contributed by atoms with Crippen molar-refractivity contribution in [1.29, 1.82) is 0 Å². The number of carbonyl (C=O) groups excluding carboxylic acids is 3. The fraction of sp³-hybridized carbons (Fsp3) is 0.278. The van der Waals surface area contributed by atoms with E-state index in [-0.39, 0.29) is 24.3 Å². The Morgan fingerprint density at radius 3 is 1.60 bits per heavy atom. The Balaban J connectivity index is 0.000000164. The maximum absolute atomic E-state index is 12.4. The molecule has 10 rings (SSSR count). The van der Waals surface area contributed by atoms with Crippen LogP contribution in [0.3, 0.4) is 0 Å². The number of fused-ring (bicyclic) bond motifs is 1. The standard InChI is InChI=1S/C28H31N3O2.C26H25N3O3/c32-28(30-20-21-4-2-1-3-5-21)24-10-8-23(9-11-24)26-18-27(26)29-19-22-6-12-25(13-7-22)31-14-16-33-17-15-31;30-25-16-32-24-11-6-18(12-23(24)29-25)15-27-22-13-21(22)19-7-9-20(10-8-19)26(31)28-14-17-4-2-1-3-5-17/h1-13,26-27,29H,14-20H2,(H,30,32);1-12,21-22,27H,13-16H2,(H,28,31)(H,29,30). The summed E-state index contributed by atoms with van der Waals surface area (Å²) in [5.41, 5.74) is 10.5. The summed E-state index contributed by atoms with van der Waals surface area (Å²) < 4.78 is 10.8. The molecule has 11 nitrogen and oxygen atoms in total. The molecule has 0 aromatic heterocycles. The molecular weight excluding hydrogens is 813 g/mol. The number of hydrogen-bond acceptors (Lipinski definition) is 8. The molecule has 4 aliphatic rings. The molecule has 6 aromatic rings. The van der Waals surface area contributed by atoms with Gasteiger partial charge in [0.05, 0.1) is 18.9 Å². The minimum Gasteiger partial charge on any atom is -0.482 e. The van der Waals surface area contributed by atoms with Crippen LogP contribution < -0.4 is 36.2 Å². The third-order valence-corrected chi connectivity index (χ3v) is 12.5. The van der Waals surface area contributed by atoms with Crippen LogP contribution in [-0.2, 0) is 35.7 Å².